The first-order valence-corrected chi connectivity index (χ1v) is 17.3. The van der Waals surface area contributed by atoms with Crippen LogP contribution in [0, 0.1) is 46.4 Å². The molecule has 1 aliphatic carbocycles. The van der Waals surface area contributed by atoms with Gasteiger partial charge in [-0.1, -0.05) is 103 Å². The number of rotatable bonds is 5. The molecule has 5 aromatic carbocycles. The maximum absolute atomic E-state index is 8.94. The van der Waals surface area contributed by atoms with Gasteiger partial charge in [-0.05, 0) is 114 Å². The fourth-order valence-electron chi connectivity index (χ4n) is 6.89. The van der Waals surface area contributed by atoms with Crippen molar-refractivity contribution in [2.75, 3.05) is 0 Å². The Morgan fingerprint density at radius 3 is 2.24 bits per heavy atom. The van der Waals surface area contributed by atoms with Crippen molar-refractivity contribution < 1.29 is 46.5 Å². The van der Waals surface area contributed by atoms with Gasteiger partial charge < -0.3 is 14.4 Å². The van der Waals surface area contributed by atoms with Gasteiger partial charge in [0.05, 0.1) is 5.58 Å². The van der Waals surface area contributed by atoms with Crippen LogP contribution in [0.1, 0.15) is 86.9 Å². The topological polar surface area (TPSA) is 38.9 Å². The van der Waals surface area contributed by atoms with Crippen molar-refractivity contribution in [2.45, 2.75) is 65.8 Å². The smallest absolute Gasteiger partial charge is 0.120 e. The van der Waals surface area contributed by atoms with E-state index in [2.05, 4.69) is 22.1 Å². The summed E-state index contributed by atoms with van der Waals surface area (Å²) in [6, 6.07) is 35.9. The Hall–Kier alpha value is -5.15. The number of nitrogens with zero attached hydrogens (tertiary/aromatic N) is 2. The first-order valence-electron chi connectivity index (χ1n) is 25.3. The summed E-state index contributed by atoms with van der Waals surface area (Å²) >= 11 is 0. The number of aromatic nitrogens is 2. The molecule has 1 radical (unpaired) electrons. The maximum atomic E-state index is 8.94. The second-order valence-electron chi connectivity index (χ2n) is 13.1. The van der Waals surface area contributed by atoms with Crippen LogP contribution in [0.25, 0.3) is 66.7 Å². The zero-order valence-corrected chi connectivity index (χ0v) is 31.4. The van der Waals surface area contributed by atoms with Gasteiger partial charge in [0.2, 0.25) is 0 Å². The Labute approximate surface area is 355 Å². The first kappa shape index (κ1) is 22.3. The number of furan rings is 1. The monoisotopic (exact) mass is 897 g/mol. The van der Waals surface area contributed by atoms with E-state index in [1.165, 1.54) is 42.7 Å². The number of benzene rings is 5. The minimum atomic E-state index is -2.69. The van der Waals surface area contributed by atoms with E-state index in [1.807, 2.05) is 30.3 Å². The van der Waals surface area contributed by atoms with E-state index in [0.29, 0.717) is 63.2 Å². The summed E-state index contributed by atoms with van der Waals surface area (Å²) in [7, 11) is 0. The van der Waals surface area contributed by atoms with Gasteiger partial charge >= 0.3 is 0 Å². The molecule has 0 spiro atoms. The molecule has 0 N–H and O–H groups in total. The second-order valence-corrected chi connectivity index (χ2v) is 13.1. The molecule has 0 atom stereocenters. The predicted molar refractivity (Wildman–Crippen MR) is 220 cm³/mol. The van der Waals surface area contributed by atoms with E-state index < -0.39 is 40.2 Å². The van der Waals surface area contributed by atoms with Gasteiger partial charge in [-0.25, -0.2) is 0 Å². The summed E-state index contributed by atoms with van der Waals surface area (Å²) in [5, 5.41) is 1.73. The SMILES string of the molecule is [2H]C([2H])([2H])c1c[c-]c(-c2ccc(C([2H])([2H])[2H])cn2)cc1.[2H]C([2H])([2H])c1cc(C2([2H])CCCC2)ccc1-c1ccc(-c2cc(-c3[c-]ccc4c3oc3ccccc34)ncc2C([2H])([2H])[2H])c(C([2H])([2H])[2H])c1.[Ir]. The molecule has 4 heteroatoms. The summed E-state index contributed by atoms with van der Waals surface area (Å²) in [6.07, 6.45) is 5.64. The number of para-hydroxylation sites is 1. The van der Waals surface area contributed by atoms with Gasteiger partial charge in [-0.3, -0.25) is 0 Å². The molecule has 3 heterocycles. The molecule has 0 bridgehead atoms. The van der Waals surface area contributed by atoms with Crippen LogP contribution in [0.15, 0.2) is 126 Å². The average Bonchev–Trinajstić information content (AvgIpc) is 3.92. The Morgan fingerprint density at radius 2 is 1.46 bits per heavy atom. The molecule has 3 nitrogen and oxygen atoms in total. The molecule has 3 aromatic heterocycles. The largest absolute Gasteiger partial charge is 0.501 e. The summed E-state index contributed by atoms with van der Waals surface area (Å²) in [5.41, 5.74) is 5.02. The molecule has 8 aromatic rings. The van der Waals surface area contributed by atoms with Crippen LogP contribution in [-0.2, 0) is 20.1 Å². The number of fused-ring (bicyclic) bond motifs is 3. The second kappa shape index (κ2) is 16.1. The fraction of sp³-hybridized carbons (Fsp3) is 0.200. The van der Waals surface area contributed by atoms with Crippen LogP contribution in [0.2, 0.25) is 0 Å². The predicted octanol–water partition coefficient (Wildman–Crippen LogP) is 13.5. The van der Waals surface area contributed by atoms with Crippen molar-refractivity contribution >= 4 is 21.9 Å². The molecule has 0 saturated heterocycles. The number of hydrogen-bond acceptors (Lipinski definition) is 3. The van der Waals surface area contributed by atoms with E-state index in [1.54, 1.807) is 48.5 Å². The van der Waals surface area contributed by atoms with Crippen molar-refractivity contribution in [1.29, 1.82) is 0 Å². The number of pyridine rings is 2. The molecule has 1 fully saturated rings. The van der Waals surface area contributed by atoms with Gasteiger partial charge in [0.15, 0.2) is 0 Å². The van der Waals surface area contributed by atoms with Crippen molar-refractivity contribution in [2.24, 2.45) is 0 Å². The Balaban J connectivity index is 0.000000289. The van der Waals surface area contributed by atoms with Crippen LogP contribution in [0.4, 0.5) is 0 Å². The summed E-state index contributed by atoms with van der Waals surface area (Å²) in [4.78, 5) is 8.57. The van der Waals surface area contributed by atoms with E-state index in [-0.39, 0.29) is 59.0 Å². The average molecular weight is 897 g/mol. The van der Waals surface area contributed by atoms with Gasteiger partial charge in [-0.2, -0.15) is 0 Å². The van der Waals surface area contributed by atoms with Crippen molar-refractivity contribution in [1.82, 2.24) is 9.97 Å². The maximum Gasteiger partial charge on any atom is 0.120 e. The molecule has 0 aliphatic heterocycles. The first-order chi connectivity index (χ1) is 32.2. The third kappa shape index (κ3) is 7.60. The molecule has 9 rings (SSSR count). The number of hydrogen-bond donors (Lipinski definition) is 0. The zero-order chi connectivity index (χ0) is 49.9. The van der Waals surface area contributed by atoms with Gasteiger partial charge in [0.25, 0.3) is 0 Å². The Kier molecular flexibility index (Phi) is 6.63. The Morgan fingerprint density at radius 1 is 0.667 bits per heavy atom. The molecule has 0 unspecified atom stereocenters. The van der Waals surface area contributed by atoms with E-state index in [0.717, 1.165) is 23.6 Å². The van der Waals surface area contributed by atoms with Crippen molar-refractivity contribution in [3.8, 4) is 44.8 Å². The molecule has 1 saturated carbocycles. The van der Waals surface area contributed by atoms with Crippen LogP contribution in [-0.4, -0.2) is 9.97 Å². The molecule has 1 aliphatic rings. The van der Waals surface area contributed by atoms with E-state index in [9.17, 15) is 0 Å². The summed E-state index contributed by atoms with van der Waals surface area (Å²) in [6.45, 7) is -12.2. The fourth-order valence-corrected chi connectivity index (χ4v) is 6.89. The molecule has 54 heavy (non-hydrogen) atoms. The molecular weight excluding hydrogens is 837 g/mol. The minimum Gasteiger partial charge on any atom is -0.501 e. The molecule has 271 valence electrons. The molecule has 0 amide bonds. The van der Waals surface area contributed by atoms with Crippen molar-refractivity contribution in [3.63, 3.8) is 0 Å². The Bertz CT molecular complexity index is 3110. The van der Waals surface area contributed by atoms with Crippen LogP contribution in [0.3, 0.4) is 0 Å². The standard InChI is InChI=1S/C37H32NO.C13H12N.Ir/c1-23-19-27(26-9-4-5-10-26)15-17-29(23)28-16-18-30(24(2)20-28)34-21-35(38-22-25(34)3)33-13-8-12-32-31-11-6-7-14-36(31)39-37(32)33;1-10-3-6-12(7-4-10)13-8-5-11(2)9-14-13;/h6-8,11-12,14-22,26H,4-5,9-10H2,1-3H3;3-6,8-9H,1-2H3;/q2*-1;/i1D3,2D3,3D3,26D;1D3,2D3;. The van der Waals surface area contributed by atoms with Gasteiger partial charge in [0.1, 0.15) is 5.58 Å². The minimum absolute atomic E-state index is 0. The number of aryl methyl sites for hydroxylation is 5. The third-order valence-electron chi connectivity index (χ3n) is 9.61. The van der Waals surface area contributed by atoms with Crippen molar-refractivity contribution in [3.05, 3.63) is 167 Å². The molecular formula is C50H44IrN2O-2. The zero-order valence-electron chi connectivity index (χ0n) is 45.0. The summed E-state index contributed by atoms with van der Waals surface area (Å²) < 4.78 is 134. The van der Waals surface area contributed by atoms with Gasteiger partial charge in [0, 0.05) is 59.8 Å². The van der Waals surface area contributed by atoms with E-state index in [4.69, 9.17) is 26.3 Å². The summed E-state index contributed by atoms with van der Waals surface area (Å²) in [5.74, 6) is -0.860. The van der Waals surface area contributed by atoms with E-state index >= 15 is 0 Å². The third-order valence-corrected chi connectivity index (χ3v) is 9.61. The van der Waals surface area contributed by atoms with Gasteiger partial charge in [-0.15, -0.1) is 53.6 Å². The van der Waals surface area contributed by atoms with Crippen LogP contribution >= 0.6 is 0 Å². The van der Waals surface area contributed by atoms with Crippen LogP contribution < -0.4 is 0 Å². The quantitative estimate of drug-likeness (QED) is 0.162. The normalized spacial score (nSPS) is 18.9. The van der Waals surface area contributed by atoms with Crippen LogP contribution in [0.5, 0.6) is 0 Å².